The topological polar surface area (TPSA) is 34.1 Å². The fraction of sp³-hybridized carbons (Fsp3) is 0.0870. The number of hydrogen-bond donors (Lipinski definition) is 0. The molecule has 332 valence electrons. The molecule has 66 heavy (non-hydrogen) atoms. The van der Waals surface area contributed by atoms with Gasteiger partial charge in [0, 0.05) is 49.9 Å². The number of carbonyl (C=O) groups is 2. The summed E-state index contributed by atoms with van der Waals surface area (Å²) in [5, 5.41) is 0. The van der Waals surface area contributed by atoms with Crippen LogP contribution in [0.25, 0.3) is 96.8 Å². The lowest BCUT2D eigenvalue weighted by molar-refractivity contribution is 0.100. The molecule has 10 heterocycles. The van der Waals surface area contributed by atoms with Crippen molar-refractivity contribution in [2.75, 3.05) is 0 Å². The van der Waals surface area contributed by atoms with Gasteiger partial charge in [0.25, 0.3) is 0 Å². The van der Waals surface area contributed by atoms with Crippen molar-refractivity contribution in [3.05, 3.63) is 105 Å². The summed E-state index contributed by atoms with van der Waals surface area (Å²) in [7, 11) is 0. The van der Waals surface area contributed by atoms with Crippen molar-refractivity contribution >= 4 is 309 Å². The quantitative estimate of drug-likeness (QED) is 0.156. The highest BCUT2D eigenvalue weighted by atomic mass is 79.9. The third-order valence-electron chi connectivity index (χ3n) is 10.6. The number of Topliss-reactive ketones (excluding diaryl/α,β-unsaturated/α-hetero) is 2. The van der Waals surface area contributed by atoms with Gasteiger partial charge in [0.05, 0.1) is 104 Å². The molecule has 0 spiro atoms. The van der Waals surface area contributed by atoms with Crippen LogP contribution in [0.3, 0.4) is 0 Å². The first-order valence-corrected chi connectivity index (χ1v) is 33.6. The molecule has 0 aliphatic heterocycles. The van der Waals surface area contributed by atoms with Crippen molar-refractivity contribution in [3.63, 3.8) is 0 Å². The lowest BCUT2D eigenvalue weighted by atomic mass is 10.1. The van der Waals surface area contributed by atoms with Gasteiger partial charge in [-0.15, -0.1) is 113 Å². The Kier molecular flexibility index (Phi) is 13.6. The number of halogens is 8. The van der Waals surface area contributed by atoms with Gasteiger partial charge < -0.3 is 0 Å². The highest BCUT2D eigenvalue weighted by Gasteiger charge is 2.28. The molecule has 0 N–H and O–H groups in total. The predicted octanol–water partition coefficient (Wildman–Crippen LogP) is 24.7. The Hall–Kier alpha value is 0.180. The highest BCUT2D eigenvalue weighted by Crippen LogP contribution is 2.60. The van der Waals surface area contributed by atoms with Crippen LogP contribution in [-0.4, -0.2) is 11.6 Å². The van der Waals surface area contributed by atoms with Crippen LogP contribution < -0.4 is 0 Å². The Morgan fingerprint density at radius 1 is 0.333 bits per heavy atom. The fourth-order valence-electron chi connectivity index (χ4n) is 7.49. The van der Waals surface area contributed by atoms with Gasteiger partial charge in [-0.25, -0.2) is 0 Å². The molecule has 0 atom stereocenters. The van der Waals surface area contributed by atoms with E-state index in [1.165, 1.54) is 104 Å². The Balaban J connectivity index is 0.000000148. The number of aryl methyl sites for hydroxylation is 2. The van der Waals surface area contributed by atoms with E-state index in [-0.39, 0.29) is 11.6 Å². The van der Waals surface area contributed by atoms with E-state index in [0.717, 1.165) is 38.8 Å². The molecule has 2 nitrogen and oxygen atoms in total. The van der Waals surface area contributed by atoms with E-state index in [2.05, 4.69) is 153 Å². The minimum Gasteiger partial charge on any atom is -0.295 e. The number of fused-ring (bicyclic) bond motifs is 10. The number of hydrogen-bond acceptors (Lipinski definition) is 12. The Labute approximate surface area is 484 Å². The Bertz CT molecular complexity index is 3780. The number of rotatable bonds is 6. The molecule has 0 saturated heterocycles. The SMILES string of the molecule is CC(=O)c1ccc(-c2sc3c(sc4c5sc(-c6ccc(C(C)=O)cc6Br)c(Br)c5sc34)c2Br)c(Br)c1.Cc1cc(Br)c(-c2sc3c(sc4c5sc(-c6sc(C)cc6Br)c(Br)c5sc34)c2Br)s1. The molecule has 0 aliphatic carbocycles. The van der Waals surface area contributed by atoms with Gasteiger partial charge in [-0.1, -0.05) is 56.1 Å². The van der Waals surface area contributed by atoms with Crippen LogP contribution >= 0.6 is 241 Å². The van der Waals surface area contributed by atoms with Gasteiger partial charge in [-0.05, 0) is 148 Å². The first-order valence-electron chi connectivity index (χ1n) is 19.1. The van der Waals surface area contributed by atoms with E-state index >= 15 is 0 Å². The van der Waals surface area contributed by atoms with Gasteiger partial charge in [0.15, 0.2) is 11.6 Å². The van der Waals surface area contributed by atoms with Crippen molar-refractivity contribution < 1.29 is 9.59 Å². The average Bonchev–Trinajstić information content (AvgIpc) is 4.16. The number of carbonyl (C=O) groups excluding carboxylic acids is 2. The second-order valence-corrected chi connectivity index (χ2v) is 32.2. The van der Waals surface area contributed by atoms with Crippen LogP contribution in [0.5, 0.6) is 0 Å². The van der Waals surface area contributed by atoms with Crippen molar-refractivity contribution in [2.45, 2.75) is 27.7 Å². The second-order valence-electron chi connectivity index (χ2n) is 14.9. The van der Waals surface area contributed by atoms with Crippen molar-refractivity contribution in [1.82, 2.24) is 0 Å². The lowest BCUT2D eigenvalue weighted by Gasteiger charge is -2.05. The number of benzene rings is 2. The third-order valence-corrected chi connectivity index (χ3v) is 32.4. The molecule has 2 aromatic carbocycles. The maximum atomic E-state index is 11.8. The van der Waals surface area contributed by atoms with Crippen LogP contribution in [-0.2, 0) is 0 Å². The molecular weight excluding hydrogens is 1540 g/mol. The molecule has 20 heteroatoms. The van der Waals surface area contributed by atoms with Crippen molar-refractivity contribution in [2.24, 2.45) is 0 Å². The molecule has 10 aromatic heterocycles. The minimum atomic E-state index is 0.0561. The molecule has 0 radical (unpaired) electrons. The first-order chi connectivity index (χ1) is 31.5. The molecule has 0 amide bonds. The second kappa shape index (κ2) is 18.6. The van der Waals surface area contributed by atoms with Gasteiger partial charge >= 0.3 is 0 Å². The summed E-state index contributed by atoms with van der Waals surface area (Å²) in [6.07, 6.45) is 0. The zero-order valence-corrected chi connectivity index (χ0v) is 54.4. The lowest BCUT2D eigenvalue weighted by Crippen LogP contribution is -1.91. The maximum absolute atomic E-state index is 11.8. The van der Waals surface area contributed by atoms with Crippen LogP contribution in [0.4, 0.5) is 0 Å². The molecule has 0 unspecified atom stereocenters. The Morgan fingerprint density at radius 3 is 0.894 bits per heavy atom. The van der Waals surface area contributed by atoms with E-state index in [0.29, 0.717) is 11.1 Å². The summed E-state index contributed by atoms with van der Waals surface area (Å²) in [5.41, 5.74) is 3.55. The highest BCUT2D eigenvalue weighted by molar-refractivity contribution is 9.12. The minimum absolute atomic E-state index is 0.0561. The van der Waals surface area contributed by atoms with Crippen LogP contribution in [0.2, 0.25) is 0 Å². The largest absolute Gasteiger partial charge is 0.295 e. The van der Waals surface area contributed by atoms with Gasteiger partial charge in [0.2, 0.25) is 0 Å². The summed E-state index contributed by atoms with van der Waals surface area (Å²) < 4.78 is 25.0. The molecular formula is C46H20Br8O2S10. The molecule has 0 fully saturated rings. The fourth-order valence-corrected chi connectivity index (χ4v) is 28.9. The van der Waals surface area contributed by atoms with Gasteiger partial charge in [-0.3, -0.25) is 9.59 Å². The maximum Gasteiger partial charge on any atom is 0.159 e. The van der Waals surface area contributed by atoms with E-state index in [1.54, 1.807) is 36.5 Å². The Morgan fingerprint density at radius 2 is 0.621 bits per heavy atom. The standard InChI is InChI=1S/C26H12Br4O2S4.C20H8Br4S6/c1-9(31)11-3-5-13(15(27)7-11)19-17(29)21-23(33-19)25-26(35-21)24-22(36-25)18(30)20(34-24)14-6-4-12(10(2)32)8-16(14)28;1-5-3-7(21)11(25-5)13-9(23)15-17(27-13)19-20(29-15)18-16(30-19)10(24)14(28-18)12-8(22)4-6(2)26-12/h3-8H,1-2H3;3-4H,1-2H3. The van der Waals surface area contributed by atoms with E-state index in [9.17, 15) is 9.59 Å². The van der Waals surface area contributed by atoms with Crippen LogP contribution in [0.1, 0.15) is 44.3 Å². The van der Waals surface area contributed by atoms with Crippen molar-refractivity contribution in [1.29, 1.82) is 0 Å². The average molecular weight is 1560 g/mol. The van der Waals surface area contributed by atoms with E-state index in [4.69, 9.17) is 0 Å². The smallest absolute Gasteiger partial charge is 0.159 e. The third kappa shape index (κ3) is 8.07. The first kappa shape index (κ1) is 48.4. The van der Waals surface area contributed by atoms with Crippen LogP contribution in [0.15, 0.2) is 84.3 Å². The summed E-state index contributed by atoms with van der Waals surface area (Å²) >= 11 is 49.0. The number of thiophene rings is 10. The normalized spacial score (nSPS) is 12.1. The monoisotopic (exact) mass is 1560 g/mol. The zero-order valence-electron chi connectivity index (χ0n) is 33.5. The summed E-state index contributed by atoms with van der Waals surface area (Å²) in [5.74, 6) is 0.112. The van der Waals surface area contributed by atoms with Gasteiger partial charge in [-0.2, -0.15) is 0 Å². The molecule has 12 rings (SSSR count). The summed E-state index contributed by atoms with van der Waals surface area (Å²) in [4.78, 5) is 33.8. The van der Waals surface area contributed by atoms with E-state index in [1.807, 2.05) is 127 Å². The molecule has 0 aliphatic rings. The zero-order chi connectivity index (χ0) is 46.4. The van der Waals surface area contributed by atoms with Crippen LogP contribution in [0, 0.1) is 13.8 Å². The summed E-state index contributed by atoms with van der Waals surface area (Å²) in [6, 6.07) is 16.0. The van der Waals surface area contributed by atoms with E-state index < -0.39 is 0 Å². The molecule has 0 bridgehead atoms. The molecule has 0 saturated carbocycles. The number of ketones is 2. The summed E-state index contributed by atoms with van der Waals surface area (Å²) in [6.45, 7) is 7.50. The van der Waals surface area contributed by atoms with Crippen molar-refractivity contribution in [3.8, 4) is 40.4 Å². The van der Waals surface area contributed by atoms with Gasteiger partial charge in [0.1, 0.15) is 0 Å². The predicted molar refractivity (Wildman–Crippen MR) is 330 cm³/mol. The molecule has 12 aromatic rings.